The average Bonchev–Trinajstić information content (AvgIpc) is 3.23. The van der Waals surface area contributed by atoms with Crippen LogP contribution < -0.4 is 5.32 Å². The van der Waals surface area contributed by atoms with Gasteiger partial charge in [0, 0.05) is 6.26 Å². The summed E-state index contributed by atoms with van der Waals surface area (Å²) < 4.78 is 29.0. The van der Waals surface area contributed by atoms with E-state index in [0.717, 1.165) is 17.6 Å². The van der Waals surface area contributed by atoms with Crippen molar-refractivity contribution in [2.24, 2.45) is 0 Å². The third kappa shape index (κ3) is 4.40. The van der Waals surface area contributed by atoms with Crippen LogP contribution in [0.4, 0.5) is 5.13 Å². The second kappa shape index (κ2) is 7.45. The Morgan fingerprint density at radius 2 is 2.00 bits per heavy atom. The van der Waals surface area contributed by atoms with Crippen LogP contribution in [0.2, 0.25) is 4.34 Å². The Balaban J connectivity index is 1.97. The number of sulfone groups is 1. The zero-order valence-corrected chi connectivity index (χ0v) is 15.9. The first-order chi connectivity index (χ1) is 12.3. The van der Waals surface area contributed by atoms with E-state index in [9.17, 15) is 13.2 Å². The lowest BCUT2D eigenvalue weighted by Gasteiger charge is -2.08. The molecule has 0 spiro atoms. The van der Waals surface area contributed by atoms with Gasteiger partial charge in [-0.2, -0.15) is 0 Å². The highest BCUT2D eigenvalue weighted by molar-refractivity contribution is 7.90. The zero-order valence-electron chi connectivity index (χ0n) is 13.5. The second-order valence-corrected chi connectivity index (χ2v) is 8.97. The minimum atomic E-state index is -3.32. The number of hydrogen-bond donors (Lipinski definition) is 1. The van der Waals surface area contributed by atoms with Gasteiger partial charge in [0.2, 0.25) is 0 Å². The maximum atomic E-state index is 12.7. The highest BCUT2D eigenvalue weighted by Gasteiger charge is 2.16. The molecule has 0 saturated carbocycles. The fourth-order valence-corrected chi connectivity index (χ4v) is 3.59. The SMILES string of the molecule is CS(=O)(=O)c1ccc(C(=Cc2ccco2)C(=O)Nc2ncc(Cl)s2)cc1. The molecule has 0 fully saturated rings. The molecule has 2 aromatic heterocycles. The number of benzene rings is 1. The van der Waals surface area contributed by atoms with Gasteiger partial charge in [0.1, 0.15) is 10.1 Å². The number of nitrogens with one attached hydrogen (secondary N) is 1. The minimum Gasteiger partial charge on any atom is -0.465 e. The predicted molar refractivity (Wildman–Crippen MR) is 102 cm³/mol. The molecule has 0 aliphatic carbocycles. The van der Waals surface area contributed by atoms with E-state index >= 15 is 0 Å². The molecule has 1 amide bonds. The van der Waals surface area contributed by atoms with E-state index in [-0.39, 0.29) is 4.90 Å². The zero-order chi connectivity index (χ0) is 18.7. The van der Waals surface area contributed by atoms with E-state index in [1.807, 2.05) is 0 Å². The van der Waals surface area contributed by atoms with Crippen molar-refractivity contribution < 1.29 is 17.6 Å². The first-order valence-electron chi connectivity index (χ1n) is 7.31. The van der Waals surface area contributed by atoms with Gasteiger partial charge in [-0.1, -0.05) is 35.1 Å². The number of nitrogens with zero attached hydrogens (tertiary/aromatic N) is 1. The topological polar surface area (TPSA) is 89.3 Å². The van der Waals surface area contributed by atoms with Crippen LogP contribution in [0.5, 0.6) is 0 Å². The number of hydrogen-bond acceptors (Lipinski definition) is 6. The van der Waals surface area contributed by atoms with E-state index in [1.165, 1.54) is 24.6 Å². The molecule has 1 aromatic carbocycles. The van der Waals surface area contributed by atoms with Crippen LogP contribution in [0, 0.1) is 0 Å². The molecule has 3 aromatic rings. The van der Waals surface area contributed by atoms with Crippen LogP contribution in [0.15, 0.2) is 58.2 Å². The molecule has 0 aliphatic heterocycles. The summed E-state index contributed by atoms with van der Waals surface area (Å²) in [4.78, 5) is 16.9. The van der Waals surface area contributed by atoms with Crippen LogP contribution in [0.25, 0.3) is 11.6 Å². The smallest absolute Gasteiger partial charge is 0.258 e. The fourth-order valence-electron chi connectivity index (χ4n) is 2.15. The number of carbonyl (C=O) groups excluding carboxylic acids is 1. The number of furan rings is 1. The molecule has 0 aliphatic rings. The third-order valence-electron chi connectivity index (χ3n) is 3.37. The molecular weight excluding hydrogens is 396 g/mol. The van der Waals surface area contributed by atoms with E-state index in [2.05, 4.69) is 10.3 Å². The van der Waals surface area contributed by atoms with E-state index in [4.69, 9.17) is 16.0 Å². The highest BCUT2D eigenvalue weighted by Crippen LogP contribution is 2.26. The van der Waals surface area contributed by atoms with E-state index < -0.39 is 15.7 Å². The van der Waals surface area contributed by atoms with Gasteiger partial charge in [-0.15, -0.1) is 0 Å². The highest BCUT2D eigenvalue weighted by atomic mass is 35.5. The molecule has 134 valence electrons. The molecule has 9 heteroatoms. The summed E-state index contributed by atoms with van der Waals surface area (Å²) in [7, 11) is -3.32. The van der Waals surface area contributed by atoms with Gasteiger partial charge < -0.3 is 4.42 Å². The number of carbonyl (C=O) groups is 1. The molecule has 0 unspecified atom stereocenters. The monoisotopic (exact) mass is 408 g/mol. The van der Waals surface area contributed by atoms with Crippen molar-refractivity contribution >= 4 is 55.5 Å². The van der Waals surface area contributed by atoms with E-state index in [0.29, 0.717) is 26.4 Å². The molecule has 0 bridgehead atoms. The van der Waals surface area contributed by atoms with Crippen molar-refractivity contribution in [1.29, 1.82) is 0 Å². The predicted octanol–water partition coefficient (Wildman–Crippen LogP) is 3.97. The van der Waals surface area contributed by atoms with Crippen LogP contribution in [-0.4, -0.2) is 25.6 Å². The van der Waals surface area contributed by atoms with Crippen molar-refractivity contribution in [2.75, 3.05) is 11.6 Å². The van der Waals surface area contributed by atoms with Crippen LogP contribution >= 0.6 is 22.9 Å². The molecule has 0 radical (unpaired) electrons. The van der Waals surface area contributed by atoms with Crippen LogP contribution in [0.1, 0.15) is 11.3 Å². The molecule has 0 saturated heterocycles. The van der Waals surface area contributed by atoms with Gasteiger partial charge in [-0.3, -0.25) is 10.1 Å². The normalized spacial score (nSPS) is 12.2. The van der Waals surface area contributed by atoms with Gasteiger partial charge in [-0.25, -0.2) is 13.4 Å². The average molecular weight is 409 g/mol. The Morgan fingerprint density at radius 1 is 1.27 bits per heavy atom. The number of rotatable bonds is 5. The van der Waals surface area contributed by atoms with Crippen molar-refractivity contribution in [1.82, 2.24) is 4.98 Å². The minimum absolute atomic E-state index is 0.172. The van der Waals surface area contributed by atoms with Crippen LogP contribution in [-0.2, 0) is 14.6 Å². The molecule has 1 N–H and O–H groups in total. The Morgan fingerprint density at radius 3 is 2.54 bits per heavy atom. The number of aromatic nitrogens is 1. The van der Waals surface area contributed by atoms with Gasteiger partial charge in [0.05, 0.1) is 22.9 Å². The quantitative estimate of drug-likeness (QED) is 0.645. The molecule has 6 nitrogen and oxygen atoms in total. The molecule has 2 heterocycles. The lowest BCUT2D eigenvalue weighted by Crippen LogP contribution is -2.13. The summed E-state index contributed by atoms with van der Waals surface area (Å²) in [6.45, 7) is 0. The van der Waals surface area contributed by atoms with Gasteiger partial charge in [0.15, 0.2) is 15.0 Å². The molecule has 26 heavy (non-hydrogen) atoms. The maximum absolute atomic E-state index is 12.7. The number of halogens is 1. The molecular formula is C17H13ClN2O4S2. The maximum Gasteiger partial charge on any atom is 0.258 e. The van der Waals surface area contributed by atoms with Crippen LogP contribution in [0.3, 0.4) is 0 Å². The lowest BCUT2D eigenvalue weighted by atomic mass is 10.0. The Kier molecular flexibility index (Phi) is 5.26. The number of amides is 1. The Hall–Kier alpha value is -2.42. The van der Waals surface area contributed by atoms with Crippen molar-refractivity contribution in [3.63, 3.8) is 0 Å². The van der Waals surface area contributed by atoms with E-state index in [1.54, 1.807) is 30.3 Å². The first kappa shape index (κ1) is 18.4. The summed E-state index contributed by atoms with van der Waals surface area (Å²) in [6.07, 6.45) is 5.63. The van der Waals surface area contributed by atoms with Crippen molar-refractivity contribution in [3.8, 4) is 0 Å². The largest absolute Gasteiger partial charge is 0.465 e. The van der Waals surface area contributed by atoms with Gasteiger partial charge in [-0.05, 0) is 35.9 Å². The number of thiazole rings is 1. The van der Waals surface area contributed by atoms with Crippen molar-refractivity contribution in [2.45, 2.75) is 4.90 Å². The first-order valence-corrected chi connectivity index (χ1v) is 10.4. The van der Waals surface area contributed by atoms with Crippen molar-refractivity contribution in [3.05, 3.63) is 64.5 Å². The van der Waals surface area contributed by atoms with Gasteiger partial charge >= 0.3 is 0 Å². The summed E-state index contributed by atoms with van der Waals surface area (Å²) in [5.41, 5.74) is 0.834. The Bertz CT molecular complexity index is 1050. The summed E-state index contributed by atoms with van der Waals surface area (Å²) in [5, 5.41) is 3.03. The Labute approximate surface area is 159 Å². The fraction of sp³-hybridized carbons (Fsp3) is 0.0588. The second-order valence-electron chi connectivity index (χ2n) is 5.29. The summed E-state index contributed by atoms with van der Waals surface area (Å²) >= 11 is 6.97. The standard InChI is InChI=1S/C17H13ClN2O4S2/c1-26(22,23)13-6-4-11(5-7-13)14(9-12-3-2-8-24-12)16(21)20-17-19-10-15(18)25-17/h2-10H,1H3,(H,19,20,21). The van der Waals surface area contributed by atoms with Gasteiger partial charge in [0.25, 0.3) is 5.91 Å². The lowest BCUT2D eigenvalue weighted by molar-refractivity contribution is -0.111. The number of anilines is 1. The molecule has 3 rings (SSSR count). The third-order valence-corrected chi connectivity index (χ3v) is 5.52. The summed E-state index contributed by atoms with van der Waals surface area (Å²) in [6, 6.07) is 9.45. The molecule has 0 atom stereocenters. The summed E-state index contributed by atoms with van der Waals surface area (Å²) in [5.74, 6) is 0.0685.